The van der Waals surface area contributed by atoms with E-state index in [4.69, 9.17) is 9.47 Å². The first kappa shape index (κ1) is 10.0. The number of hydrogen-bond donors (Lipinski definition) is 0. The fourth-order valence-corrected chi connectivity index (χ4v) is 1.56. The van der Waals surface area contributed by atoms with Gasteiger partial charge in [0.05, 0.1) is 13.1 Å². The summed E-state index contributed by atoms with van der Waals surface area (Å²) >= 11 is 0. The number of carbonyl (C=O) groups is 1. The molecule has 1 aromatic rings. The SMILES string of the molecule is CCn1cc[n+](CCC2COC(=O)O2)c1. The maximum atomic E-state index is 10.7. The van der Waals surface area contributed by atoms with E-state index in [9.17, 15) is 4.79 Å². The van der Waals surface area contributed by atoms with Crippen LogP contribution in [0.3, 0.4) is 0 Å². The third-order valence-electron chi connectivity index (χ3n) is 2.47. The van der Waals surface area contributed by atoms with Crippen molar-refractivity contribution in [1.29, 1.82) is 0 Å². The molecule has 1 unspecified atom stereocenters. The van der Waals surface area contributed by atoms with Gasteiger partial charge in [-0.2, -0.15) is 0 Å². The van der Waals surface area contributed by atoms with Gasteiger partial charge in [0.1, 0.15) is 25.1 Å². The van der Waals surface area contributed by atoms with Gasteiger partial charge in [0.15, 0.2) is 0 Å². The molecule has 1 aliphatic heterocycles. The summed E-state index contributed by atoms with van der Waals surface area (Å²) in [5, 5.41) is 0. The van der Waals surface area contributed by atoms with E-state index in [1.807, 2.05) is 18.7 Å². The molecule has 0 N–H and O–H groups in total. The normalized spacial score (nSPS) is 20.1. The van der Waals surface area contributed by atoms with Gasteiger partial charge in [0.25, 0.3) is 0 Å². The van der Waals surface area contributed by atoms with Gasteiger partial charge >= 0.3 is 6.16 Å². The van der Waals surface area contributed by atoms with Gasteiger partial charge in [0, 0.05) is 6.42 Å². The highest BCUT2D eigenvalue weighted by atomic mass is 16.8. The van der Waals surface area contributed by atoms with Crippen molar-refractivity contribution >= 4 is 6.16 Å². The van der Waals surface area contributed by atoms with Crippen LogP contribution in [0.4, 0.5) is 4.79 Å². The minimum atomic E-state index is -0.545. The van der Waals surface area contributed by atoms with Crippen molar-refractivity contribution in [1.82, 2.24) is 4.57 Å². The summed E-state index contributed by atoms with van der Waals surface area (Å²) in [7, 11) is 0. The lowest BCUT2D eigenvalue weighted by molar-refractivity contribution is -0.697. The summed E-state index contributed by atoms with van der Waals surface area (Å²) in [6, 6.07) is 0. The smallest absolute Gasteiger partial charge is 0.430 e. The summed E-state index contributed by atoms with van der Waals surface area (Å²) in [4.78, 5) is 10.7. The van der Waals surface area contributed by atoms with Crippen LogP contribution in [0.1, 0.15) is 13.3 Å². The molecule has 1 aliphatic rings. The molecule has 0 spiro atoms. The monoisotopic (exact) mass is 211 g/mol. The molecule has 0 saturated carbocycles. The molecule has 5 heteroatoms. The number of aromatic nitrogens is 2. The van der Waals surface area contributed by atoms with Crippen molar-refractivity contribution in [2.75, 3.05) is 6.61 Å². The average Bonchev–Trinajstić information content (AvgIpc) is 2.83. The van der Waals surface area contributed by atoms with E-state index in [1.54, 1.807) is 0 Å². The lowest BCUT2D eigenvalue weighted by Crippen LogP contribution is -2.33. The maximum Gasteiger partial charge on any atom is 0.508 e. The third kappa shape index (κ3) is 2.49. The van der Waals surface area contributed by atoms with Crippen molar-refractivity contribution in [3.8, 4) is 0 Å². The quantitative estimate of drug-likeness (QED) is 0.544. The van der Waals surface area contributed by atoms with Gasteiger partial charge in [-0.05, 0) is 6.92 Å². The maximum absolute atomic E-state index is 10.7. The van der Waals surface area contributed by atoms with Gasteiger partial charge in [-0.25, -0.2) is 13.9 Å². The second-order valence-electron chi connectivity index (χ2n) is 3.57. The van der Waals surface area contributed by atoms with Crippen molar-refractivity contribution < 1.29 is 18.8 Å². The molecule has 1 aromatic heterocycles. The Morgan fingerprint density at radius 2 is 2.53 bits per heavy atom. The number of imidazole rings is 1. The molecule has 15 heavy (non-hydrogen) atoms. The van der Waals surface area contributed by atoms with Crippen LogP contribution in [0.2, 0.25) is 0 Å². The number of cyclic esters (lactones) is 2. The van der Waals surface area contributed by atoms with Crippen LogP contribution in [0.25, 0.3) is 0 Å². The van der Waals surface area contributed by atoms with Crippen molar-refractivity contribution in [3.63, 3.8) is 0 Å². The molecule has 1 saturated heterocycles. The second kappa shape index (κ2) is 4.33. The number of hydrogen-bond acceptors (Lipinski definition) is 3. The highest BCUT2D eigenvalue weighted by molar-refractivity contribution is 5.61. The summed E-state index contributed by atoms with van der Waals surface area (Å²) in [5.41, 5.74) is 0. The Labute approximate surface area is 88.2 Å². The van der Waals surface area contributed by atoms with E-state index in [1.165, 1.54) is 0 Å². The first-order valence-corrected chi connectivity index (χ1v) is 5.16. The molecule has 2 rings (SSSR count). The standard InChI is InChI=1S/C10H15N2O3/c1-2-11-5-6-12(8-11)4-3-9-7-14-10(13)15-9/h5-6,8-9H,2-4,7H2,1H3/q+1. The molecule has 0 bridgehead atoms. The molecular weight excluding hydrogens is 196 g/mol. The van der Waals surface area contributed by atoms with Crippen LogP contribution in [0.5, 0.6) is 0 Å². The number of ether oxygens (including phenoxy) is 2. The van der Waals surface area contributed by atoms with Crippen LogP contribution in [0.15, 0.2) is 18.7 Å². The van der Waals surface area contributed by atoms with Crippen molar-refractivity contribution in [3.05, 3.63) is 18.7 Å². The van der Waals surface area contributed by atoms with E-state index < -0.39 is 6.16 Å². The van der Waals surface area contributed by atoms with Gasteiger partial charge in [-0.15, -0.1) is 0 Å². The highest BCUT2D eigenvalue weighted by Gasteiger charge is 2.25. The zero-order valence-electron chi connectivity index (χ0n) is 8.76. The van der Waals surface area contributed by atoms with Crippen molar-refractivity contribution in [2.45, 2.75) is 32.5 Å². The van der Waals surface area contributed by atoms with Crippen molar-refractivity contribution in [2.24, 2.45) is 0 Å². The van der Waals surface area contributed by atoms with Crippen LogP contribution >= 0.6 is 0 Å². The Kier molecular flexibility index (Phi) is 2.89. The van der Waals surface area contributed by atoms with Crippen LogP contribution in [-0.4, -0.2) is 23.4 Å². The number of aryl methyl sites for hydroxylation is 2. The van der Waals surface area contributed by atoms with E-state index in [2.05, 4.69) is 16.1 Å². The minimum absolute atomic E-state index is 0.0880. The Hall–Kier alpha value is -1.52. The van der Waals surface area contributed by atoms with E-state index in [0.717, 1.165) is 19.5 Å². The van der Waals surface area contributed by atoms with E-state index >= 15 is 0 Å². The highest BCUT2D eigenvalue weighted by Crippen LogP contribution is 2.09. The molecule has 5 nitrogen and oxygen atoms in total. The summed E-state index contributed by atoms with van der Waals surface area (Å²) in [6.07, 6.45) is 6.24. The van der Waals surface area contributed by atoms with Gasteiger partial charge in [-0.3, -0.25) is 0 Å². The molecule has 0 aliphatic carbocycles. The third-order valence-corrected chi connectivity index (χ3v) is 2.47. The lowest BCUT2D eigenvalue weighted by Gasteiger charge is -2.02. The predicted octanol–water partition coefficient (Wildman–Crippen LogP) is 0.721. The van der Waals surface area contributed by atoms with E-state index in [-0.39, 0.29) is 6.10 Å². The molecule has 2 heterocycles. The minimum Gasteiger partial charge on any atom is -0.430 e. The zero-order chi connectivity index (χ0) is 10.7. The first-order chi connectivity index (χ1) is 7.28. The van der Waals surface area contributed by atoms with Gasteiger partial charge in [-0.1, -0.05) is 0 Å². The molecule has 0 amide bonds. The van der Waals surface area contributed by atoms with Crippen LogP contribution < -0.4 is 4.57 Å². The Bertz CT molecular complexity index is 348. The Morgan fingerprint density at radius 3 is 3.13 bits per heavy atom. The number of carbonyl (C=O) groups excluding carboxylic acids is 1. The second-order valence-corrected chi connectivity index (χ2v) is 3.57. The van der Waals surface area contributed by atoms with Gasteiger partial charge < -0.3 is 9.47 Å². The summed E-state index contributed by atoms with van der Waals surface area (Å²) in [5.74, 6) is 0. The van der Waals surface area contributed by atoms with Gasteiger partial charge in [0.2, 0.25) is 6.33 Å². The molecule has 0 aromatic carbocycles. The average molecular weight is 211 g/mol. The molecule has 82 valence electrons. The first-order valence-electron chi connectivity index (χ1n) is 5.16. The summed E-state index contributed by atoms with van der Waals surface area (Å²) in [6.45, 7) is 4.29. The predicted molar refractivity (Wildman–Crippen MR) is 51.1 cm³/mol. The number of rotatable bonds is 4. The number of nitrogens with zero attached hydrogens (tertiary/aromatic N) is 2. The largest absolute Gasteiger partial charge is 0.508 e. The Balaban J connectivity index is 1.80. The van der Waals surface area contributed by atoms with E-state index in [0.29, 0.717) is 6.61 Å². The lowest BCUT2D eigenvalue weighted by atomic mass is 10.3. The van der Waals surface area contributed by atoms with Crippen LogP contribution in [0, 0.1) is 0 Å². The molecule has 1 atom stereocenters. The molecular formula is C10H15N2O3+. The summed E-state index contributed by atoms with van der Waals surface area (Å²) < 4.78 is 13.8. The molecule has 1 fully saturated rings. The topological polar surface area (TPSA) is 44.3 Å². The molecule has 0 radical (unpaired) electrons. The van der Waals surface area contributed by atoms with Crippen LogP contribution in [-0.2, 0) is 22.6 Å². The fraction of sp³-hybridized carbons (Fsp3) is 0.600. The fourth-order valence-electron chi connectivity index (χ4n) is 1.56. The zero-order valence-corrected chi connectivity index (χ0v) is 8.76. The Morgan fingerprint density at radius 1 is 1.67 bits per heavy atom.